The second-order valence-corrected chi connectivity index (χ2v) is 25.5. The van der Waals surface area contributed by atoms with Gasteiger partial charge in [0.1, 0.15) is 13.2 Å². The highest BCUT2D eigenvalue weighted by molar-refractivity contribution is 5.71. The lowest BCUT2D eigenvalue weighted by atomic mass is 10.0. The Bertz CT molecular complexity index is 1880. The van der Waals surface area contributed by atoms with Crippen LogP contribution in [0.4, 0.5) is 0 Å². The summed E-state index contributed by atoms with van der Waals surface area (Å²) in [7, 11) is 5.98. The van der Waals surface area contributed by atoms with E-state index in [0.29, 0.717) is 17.4 Å². The van der Waals surface area contributed by atoms with Crippen molar-refractivity contribution in [2.24, 2.45) is 0 Å². The summed E-state index contributed by atoms with van der Waals surface area (Å²) < 4.78 is 23.0. The number of rotatable bonds is 67. The number of unbranched alkanes of at least 4 members (excludes halogenated alkanes) is 32. The van der Waals surface area contributed by atoms with E-state index in [1.54, 1.807) is 0 Å². The van der Waals surface area contributed by atoms with Gasteiger partial charge in [0.25, 0.3) is 6.29 Å². The molecule has 0 spiro atoms. The minimum atomic E-state index is -1.52. The fourth-order valence-corrected chi connectivity index (χ4v) is 10.2. The van der Waals surface area contributed by atoms with Gasteiger partial charge in [0, 0.05) is 12.8 Å². The Morgan fingerprint density at radius 2 is 0.607 bits per heavy atom. The number of ether oxygens (including phenoxy) is 4. The van der Waals surface area contributed by atoms with E-state index in [4.69, 9.17) is 18.9 Å². The average Bonchev–Trinajstić information content (AvgIpc) is 3.64. The molecule has 9 heteroatoms. The van der Waals surface area contributed by atoms with E-state index in [0.717, 1.165) is 116 Å². The third kappa shape index (κ3) is 71.0. The number of nitrogens with zero attached hydrogens (tertiary/aromatic N) is 1. The topological polar surface area (TPSA) is 108 Å². The lowest BCUT2D eigenvalue weighted by Crippen LogP contribution is -2.40. The van der Waals surface area contributed by atoms with Gasteiger partial charge in [0.05, 0.1) is 34.4 Å². The van der Waals surface area contributed by atoms with Gasteiger partial charge in [-0.3, -0.25) is 9.59 Å². The van der Waals surface area contributed by atoms with E-state index >= 15 is 0 Å². The van der Waals surface area contributed by atoms with Crippen LogP contribution >= 0.6 is 0 Å². The van der Waals surface area contributed by atoms with E-state index in [9.17, 15) is 19.5 Å². The van der Waals surface area contributed by atoms with Crippen LogP contribution in [0.5, 0.6) is 0 Å². The average molecular weight is 1240 g/mol. The largest absolute Gasteiger partial charge is 0.477 e. The van der Waals surface area contributed by atoms with Gasteiger partial charge < -0.3 is 28.5 Å². The molecule has 2 unspecified atom stereocenters. The van der Waals surface area contributed by atoms with Crippen molar-refractivity contribution in [2.45, 2.75) is 322 Å². The van der Waals surface area contributed by atoms with Gasteiger partial charge >= 0.3 is 17.9 Å². The predicted octanol–water partition coefficient (Wildman–Crippen LogP) is 23.1. The zero-order valence-corrected chi connectivity index (χ0v) is 58.3. The van der Waals surface area contributed by atoms with Gasteiger partial charge in [0.15, 0.2) is 6.10 Å². The number of hydrogen-bond acceptors (Lipinski definition) is 7. The summed E-state index contributed by atoms with van der Waals surface area (Å²) in [4.78, 5) is 37.7. The maximum Gasteiger partial charge on any atom is 0.361 e. The minimum Gasteiger partial charge on any atom is -0.477 e. The highest BCUT2D eigenvalue weighted by atomic mass is 16.7. The maximum atomic E-state index is 13.0. The van der Waals surface area contributed by atoms with Gasteiger partial charge in [-0.25, -0.2) is 4.79 Å². The Balaban J connectivity index is 4.04. The summed E-state index contributed by atoms with van der Waals surface area (Å²) in [6.07, 6.45) is 96.1. The SMILES string of the molecule is CC/C=C\C/C=C\C/C=C\C/C=C\C/C=C\CCCCCCCCCCCCCCCCCCCCCCCCCC(=O)OC(COC(=O)CCCCCCCCCCC/C=C\C/C=C\C/C=C\C/C=C\C/C=C\CC)COC(OCC[N+](C)(C)C)C(=O)O. The van der Waals surface area contributed by atoms with Crippen LogP contribution in [0.1, 0.15) is 309 Å². The van der Waals surface area contributed by atoms with Crippen molar-refractivity contribution in [1.29, 1.82) is 0 Å². The van der Waals surface area contributed by atoms with E-state index in [1.807, 2.05) is 21.1 Å². The highest BCUT2D eigenvalue weighted by Gasteiger charge is 2.25. The Hall–Kier alpha value is -4.31. The van der Waals surface area contributed by atoms with Crippen LogP contribution in [-0.4, -0.2) is 87.4 Å². The molecule has 0 aliphatic heterocycles. The Morgan fingerprint density at radius 1 is 0.337 bits per heavy atom. The van der Waals surface area contributed by atoms with Gasteiger partial charge in [-0.05, 0) is 103 Å². The molecule has 0 rings (SSSR count). The molecule has 0 bridgehead atoms. The molecular formula is C80H138NO8+. The number of aliphatic carboxylic acids is 1. The van der Waals surface area contributed by atoms with Crippen LogP contribution in [0.2, 0.25) is 0 Å². The summed E-state index contributed by atoms with van der Waals surface area (Å²) in [5.74, 6) is -2.01. The molecule has 89 heavy (non-hydrogen) atoms. The van der Waals surface area contributed by atoms with Gasteiger partial charge in [-0.1, -0.05) is 315 Å². The number of carbonyl (C=O) groups excluding carboxylic acids is 2. The summed E-state index contributed by atoms with van der Waals surface area (Å²) in [5, 5.41) is 9.75. The number of likely N-dealkylation sites (N-methyl/N-ethyl adjacent to an activating group) is 1. The van der Waals surface area contributed by atoms with Crippen LogP contribution in [0, 0.1) is 0 Å². The van der Waals surface area contributed by atoms with Crippen LogP contribution in [0.25, 0.3) is 0 Å². The number of quaternary nitrogens is 1. The van der Waals surface area contributed by atoms with Gasteiger partial charge in [-0.2, -0.15) is 0 Å². The molecule has 0 aliphatic rings. The first kappa shape index (κ1) is 84.7. The Kier molecular flexibility index (Phi) is 66.2. The van der Waals surface area contributed by atoms with Crippen molar-refractivity contribution in [3.8, 4) is 0 Å². The molecule has 0 saturated heterocycles. The van der Waals surface area contributed by atoms with E-state index in [2.05, 4.69) is 135 Å². The molecule has 0 aromatic heterocycles. The van der Waals surface area contributed by atoms with E-state index < -0.39 is 24.3 Å². The molecule has 0 radical (unpaired) electrons. The van der Waals surface area contributed by atoms with Crippen molar-refractivity contribution < 1.29 is 42.9 Å². The number of esters is 2. The normalized spacial score (nSPS) is 13.4. The third-order valence-corrected chi connectivity index (χ3v) is 15.7. The summed E-state index contributed by atoms with van der Waals surface area (Å²) in [6, 6.07) is 0. The van der Waals surface area contributed by atoms with Crippen molar-refractivity contribution in [3.05, 3.63) is 122 Å². The molecule has 9 nitrogen and oxygen atoms in total. The Morgan fingerprint density at radius 3 is 0.899 bits per heavy atom. The maximum absolute atomic E-state index is 13.0. The van der Waals surface area contributed by atoms with E-state index in [-0.39, 0.29) is 32.2 Å². The molecule has 0 aromatic carbocycles. The quantitative estimate of drug-likeness (QED) is 0.0211. The molecule has 0 aromatic rings. The first-order valence-electron chi connectivity index (χ1n) is 36.7. The number of allylic oxidation sites excluding steroid dienone is 20. The molecule has 1 N–H and O–H groups in total. The monoisotopic (exact) mass is 1240 g/mol. The lowest BCUT2D eigenvalue weighted by Gasteiger charge is -2.25. The fraction of sp³-hybridized carbons (Fsp3) is 0.713. The highest BCUT2D eigenvalue weighted by Crippen LogP contribution is 2.18. The molecule has 0 heterocycles. The standard InChI is InChI=1S/C80H137NO8/c1-6-8-10-12-14-16-18-20-22-24-26-28-30-32-33-34-35-36-37-38-39-40-41-42-43-44-45-47-49-51-53-55-57-59-61-63-65-67-69-71-78(83)89-76(75-88-80(79(84)85)86-73-72-81(3,4)5)74-87-77(82)70-68-66-64-62-60-58-56-54-52-50-48-46-31-29-27-25-23-21-19-17-15-13-11-9-7-2/h8-11,14-17,20-23,26-29,32-33,46,48,76,80H,6-7,12-13,18-19,24-25,30-31,34-45,47,49-75H2,1-5H3/p+1/b10-8-,11-9-,16-14-,17-15-,22-20-,23-21-,28-26-,29-27-,33-32-,48-46-. The van der Waals surface area contributed by atoms with Crippen LogP contribution in [0.15, 0.2) is 122 Å². The first-order valence-corrected chi connectivity index (χ1v) is 36.7. The van der Waals surface area contributed by atoms with Crippen LogP contribution in [-0.2, 0) is 33.3 Å². The summed E-state index contributed by atoms with van der Waals surface area (Å²) in [5.41, 5.74) is 0. The lowest BCUT2D eigenvalue weighted by molar-refractivity contribution is -0.870. The van der Waals surface area contributed by atoms with Gasteiger partial charge in [0.2, 0.25) is 0 Å². The summed E-state index contributed by atoms with van der Waals surface area (Å²) >= 11 is 0. The van der Waals surface area contributed by atoms with E-state index in [1.165, 1.54) is 167 Å². The smallest absolute Gasteiger partial charge is 0.361 e. The molecule has 0 saturated carbocycles. The predicted molar refractivity (Wildman–Crippen MR) is 382 cm³/mol. The van der Waals surface area contributed by atoms with Crippen LogP contribution < -0.4 is 0 Å². The second kappa shape index (κ2) is 69.6. The first-order chi connectivity index (χ1) is 43.6. The van der Waals surface area contributed by atoms with Crippen molar-refractivity contribution in [2.75, 3.05) is 47.5 Å². The number of hydrogen-bond donors (Lipinski definition) is 1. The molecule has 0 amide bonds. The molecule has 0 aliphatic carbocycles. The number of carbonyl (C=O) groups is 3. The zero-order valence-electron chi connectivity index (χ0n) is 58.3. The van der Waals surface area contributed by atoms with Crippen molar-refractivity contribution in [1.82, 2.24) is 0 Å². The zero-order chi connectivity index (χ0) is 64.7. The third-order valence-electron chi connectivity index (χ3n) is 15.7. The second-order valence-electron chi connectivity index (χ2n) is 25.5. The van der Waals surface area contributed by atoms with Crippen LogP contribution in [0.3, 0.4) is 0 Å². The molecular weight excluding hydrogens is 1100 g/mol. The molecule has 510 valence electrons. The molecule has 2 atom stereocenters. The summed E-state index contributed by atoms with van der Waals surface area (Å²) in [6.45, 7) is 4.67. The van der Waals surface area contributed by atoms with Crippen molar-refractivity contribution >= 4 is 17.9 Å². The number of carboxylic acids is 1. The van der Waals surface area contributed by atoms with Crippen molar-refractivity contribution in [3.63, 3.8) is 0 Å². The number of carboxylic acid groups (broad SMARTS) is 1. The Labute approximate surface area is 548 Å². The fourth-order valence-electron chi connectivity index (χ4n) is 10.2. The van der Waals surface area contributed by atoms with Gasteiger partial charge in [-0.15, -0.1) is 0 Å². The minimum absolute atomic E-state index is 0.183. The molecule has 0 fully saturated rings.